The number of aliphatic hydroxyl groups is 1. The molecule has 1 amide bonds. The third-order valence-electron chi connectivity index (χ3n) is 7.26. The summed E-state index contributed by atoms with van der Waals surface area (Å²) >= 11 is 0. The number of nitrogens with zero attached hydrogens (tertiary/aromatic N) is 3. The number of fused-ring (bicyclic) bond motifs is 1. The van der Waals surface area contributed by atoms with Crippen LogP contribution in [0.1, 0.15) is 43.4 Å². The Labute approximate surface area is 230 Å². The first kappa shape index (κ1) is 26.8. The maximum absolute atomic E-state index is 13.9. The minimum atomic E-state index is -1.27. The van der Waals surface area contributed by atoms with Gasteiger partial charge in [-0.25, -0.2) is 5.01 Å². The highest BCUT2D eigenvalue weighted by atomic mass is 16.6. The molecule has 0 saturated carbocycles. The van der Waals surface area contributed by atoms with Gasteiger partial charge in [-0.1, -0.05) is 42.5 Å². The number of carbonyl (C=O) groups excluding carboxylic acids is 2. The number of para-hydroxylation sites is 2. The highest BCUT2D eigenvalue weighted by Gasteiger charge is 2.43. The summed E-state index contributed by atoms with van der Waals surface area (Å²) in [6, 6.07) is 19.8. The van der Waals surface area contributed by atoms with E-state index in [9.17, 15) is 24.8 Å². The van der Waals surface area contributed by atoms with Gasteiger partial charge < -0.3 is 14.6 Å². The molecule has 0 spiro atoms. The van der Waals surface area contributed by atoms with E-state index >= 15 is 0 Å². The summed E-state index contributed by atoms with van der Waals surface area (Å²) in [6.45, 7) is 3.32. The number of Topliss-reactive ketones (excluding diaryl/α,β-unsaturated/α-hetero) is 1. The number of anilines is 1. The van der Waals surface area contributed by atoms with Gasteiger partial charge >= 0.3 is 0 Å². The first-order valence-corrected chi connectivity index (χ1v) is 12.7. The van der Waals surface area contributed by atoms with Crippen LogP contribution in [0.25, 0.3) is 0 Å². The van der Waals surface area contributed by atoms with Gasteiger partial charge in [-0.3, -0.25) is 19.7 Å². The number of hydrogen-bond donors (Lipinski definition) is 1. The van der Waals surface area contributed by atoms with Crippen LogP contribution in [-0.2, 0) is 9.59 Å². The Kier molecular flexibility index (Phi) is 7.19. The van der Waals surface area contributed by atoms with Crippen LogP contribution in [0, 0.1) is 16.0 Å². The molecule has 0 fully saturated rings. The SMILES string of the molecule is COc1cccc2c1OC(C)=C(C(=O)CC(c1ccc([N+](=O)[O-])cc1)C1C(=O)N(c3ccccc3)N=C1C)C2O. The molecule has 0 aromatic heterocycles. The van der Waals surface area contributed by atoms with Gasteiger partial charge in [0.1, 0.15) is 11.9 Å². The maximum atomic E-state index is 13.9. The number of non-ortho nitro benzene ring substituents is 1. The van der Waals surface area contributed by atoms with E-state index in [2.05, 4.69) is 5.10 Å². The summed E-state index contributed by atoms with van der Waals surface area (Å²) in [5.41, 5.74) is 2.02. The summed E-state index contributed by atoms with van der Waals surface area (Å²) in [5.74, 6) is -1.26. The molecule has 1 N–H and O–H groups in total. The Bertz CT molecular complexity index is 1550. The van der Waals surface area contributed by atoms with Gasteiger partial charge in [0, 0.05) is 35.7 Å². The van der Waals surface area contributed by atoms with Crippen molar-refractivity contribution >= 4 is 28.8 Å². The number of nitro groups is 1. The predicted octanol–water partition coefficient (Wildman–Crippen LogP) is 5.09. The van der Waals surface area contributed by atoms with Crippen molar-refractivity contribution in [1.29, 1.82) is 0 Å². The van der Waals surface area contributed by atoms with Crippen LogP contribution in [0.2, 0.25) is 0 Å². The number of ketones is 1. The van der Waals surface area contributed by atoms with Crippen LogP contribution in [0.15, 0.2) is 89.2 Å². The molecule has 3 aromatic rings. The van der Waals surface area contributed by atoms with Crippen LogP contribution < -0.4 is 14.5 Å². The minimum absolute atomic E-state index is 0.0765. The van der Waals surface area contributed by atoms with Crippen LogP contribution in [-0.4, -0.2) is 34.5 Å². The van der Waals surface area contributed by atoms with Crippen LogP contribution in [0.3, 0.4) is 0 Å². The number of ether oxygens (including phenoxy) is 2. The second kappa shape index (κ2) is 10.7. The monoisotopic (exact) mass is 541 g/mol. The van der Waals surface area contributed by atoms with E-state index in [4.69, 9.17) is 9.47 Å². The Morgan fingerprint density at radius 1 is 1.10 bits per heavy atom. The molecule has 0 aliphatic carbocycles. The fraction of sp³-hybridized carbons (Fsp3) is 0.233. The average Bonchev–Trinajstić information content (AvgIpc) is 3.25. The zero-order valence-corrected chi connectivity index (χ0v) is 22.1. The third kappa shape index (κ3) is 4.73. The lowest BCUT2D eigenvalue weighted by atomic mass is 9.78. The number of rotatable bonds is 8. The largest absolute Gasteiger partial charge is 0.493 e. The van der Waals surface area contributed by atoms with E-state index in [0.717, 1.165) is 0 Å². The quantitative estimate of drug-likeness (QED) is 0.311. The van der Waals surface area contributed by atoms with Crippen LogP contribution in [0.5, 0.6) is 11.5 Å². The molecular weight excluding hydrogens is 514 g/mol. The maximum Gasteiger partial charge on any atom is 0.269 e. The first-order valence-electron chi connectivity index (χ1n) is 12.7. The zero-order valence-electron chi connectivity index (χ0n) is 22.1. The van der Waals surface area contributed by atoms with Crippen molar-refractivity contribution in [2.45, 2.75) is 32.3 Å². The molecule has 0 bridgehead atoms. The number of aliphatic hydroxyl groups excluding tert-OH is 1. The highest BCUT2D eigenvalue weighted by Crippen LogP contribution is 2.45. The molecule has 10 nitrogen and oxygen atoms in total. The van der Waals surface area contributed by atoms with E-state index in [-0.39, 0.29) is 29.3 Å². The summed E-state index contributed by atoms with van der Waals surface area (Å²) in [7, 11) is 1.49. The van der Waals surface area contributed by atoms with Crippen molar-refractivity contribution in [3.63, 3.8) is 0 Å². The lowest BCUT2D eigenvalue weighted by Crippen LogP contribution is -2.33. The number of allylic oxidation sites excluding steroid dienone is 1. The molecule has 0 saturated heterocycles. The van der Waals surface area contributed by atoms with Gasteiger partial charge in [-0.2, -0.15) is 5.10 Å². The van der Waals surface area contributed by atoms with E-state index in [1.165, 1.54) is 24.3 Å². The van der Waals surface area contributed by atoms with Gasteiger partial charge in [0.15, 0.2) is 17.3 Å². The van der Waals surface area contributed by atoms with Crippen molar-refractivity contribution in [3.8, 4) is 11.5 Å². The lowest BCUT2D eigenvalue weighted by molar-refractivity contribution is -0.384. The summed E-state index contributed by atoms with van der Waals surface area (Å²) < 4.78 is 11.3. The Hall–Kier alpha value is -4.83. The van der Waals surface area contributed by atoms with E-state index in [1.807, 2.05) is 6.07 Å². The molecule has 3 aromatic carbocycles. The Morgan fingerprint density at radius 3 is 2.45 bits per heavy atom. The second-order valence-corrected chi connectivity index (χ2v) is 9.64. The highest BCUT2D eigenvalue weighted by molar-refractivity contribution is 6.16. The number of amides is 1. The average molecular weight is 542 g/mol. The fourth-order valence-corrected chi connectivity index (χ4v) is 5.30. The number of carbonyl (C=O) groups is 2. The van der Waals surface area contributed by atoms with Gasteiger partial charge in [0.25, 0.3) is 11.6 Å². The summed E-state index contributed by atoms with van der Waals surface area (Å²) in [5, 5.41) is 28.3. The molecule has 5 rings (SSSR count). The van der Waals surface area contributed by atoms with Crippen molar-refractivity contribution in [2.75, 3.05) is 12.1 Å². The molecule has 40 heavy (non-hydrogen) atoms. The molecule has 3 unspecified atom stereocenters. The summed E-state index contributed by atoms with van der Waals surface area (Å²) in [4.78, 5) is 38.3. The fourth-order valence-electron chi connectivity index (χ4n) is 5.30. The van der Waals surface area contributed by atoms with Gasteiger partial charge in [-0.15, -0.1) is 0 Å². The first-order chi connectivity index (χ1) is 19.2. The van der Waals surface area contributed by atoms with Gasteiger partial charge in [0.05, 0.1) is 29.2 Å². The minimum Gasteiger partial charge on any atom is -0.493 e. The molecule has 3 atom stereocenters. The topological polar surface area (TPSA) is 132 Å². The van der Waals surface area contributed by atoms with Crippen molar-refractivity contribution in [1.82, 2.24) is 0 Å². The van der Waals surface area contributed by atoms with E-state index in [0.29, 0.717) is 34.0 Å². The van der Waals surface area contributed by atoms with Crippen molar-refractivity contribution < 1.29 is 29.1 Å². The van der Waals surface area contributed by atoms with E-state index in [1.54, 1.807) is 68.4 Å². The molecule has 10 heteroatoms. The molecule has 2 heterocycles. The second-order valence-electron chi connectivity index (χ2n) is 9.64. The molecule has 204 valence electrons. The van der Waals surface area contributed by atoms with Crippen molar-refractivity contribution in [2.24, 2.45) is 11.0 Å². The third-order valence-corrected chi connectivity index (χ3v) is 7.26. The van der Waals surface area contributed by atoms with Gasteiger partial charge in [0.2, 0.25) is 0 Å². The number of nitro benzene ring substituents is 1. The van der Waals surface area contributed by atoms with E-state index < -0.39 is 28.6 Å². The molecule has 0 radical (unpaired) electrons. The number of methoxy groups -OCH3 is 1. The van der Waals surface area contributed by atoms with Crippen LogP contribution in [0.4, 0.5) is 11.4 Å². The normalized spacial score (nSPS) is 19.1. The summed E-state index contributed by atoms with van der Waals surface area (Å²) in [6.07, 6.45) is -1.44. The zero-order chi connectivity index (χ0) is 28.6. The van der Waals surface area contributed by atoms with Crippen LogP contribution >= 0.6 is 0 Å². The van der Waals surface area contributed by atoms with Crippen molar-refractivity contribution in [3.05, 3.63) is 105 Å². The molecular formula is C30H27N3O7. The Balaban J connectivity index is 1.51. The smallest absolute Gasteiger partial charge is 0.269 e. The lowest BCUT2D eigenvalue weighted by Gasteiger charge is -2.29. The predicted molar refractivity (Wildman–Crippen MR) is 147 cm³/mol. The number of benzene rings is 3. The standard InChI is InChI=1S/C30H27N3O7/c1-17-26(30(36)32(31-17)20-8-5-4-6-9-20)23(19-12-14-21(15-13-19)33(37)38)16-24(34)27-18(2)40-29-22(28(27)35)10-7-11-25(29)39-3/h4-15,23,26,28,35H,16H2,1-3H3. The molecule has 2 aliphatic heterocycles. The number of hydrazone groups is 1. The molecule has 2 aliphatic rings. The van der Waals surface area contributed by atoms with Gasteiger partial charge in [-0.05, 0) is 37.6 Å². The Morgan fingerprint density at radius 2 is 1.80 bits per heavy atom. The number of hydrogen-bond acceptors (Lipinski definition) is 8.